The zero-order valence-corrected chi connectivity index (χ0v) is 11.9. The minimum Gasteiger partial charge on any atom is -0.351 e. The van der Waals surface area contributed by atoms with Gasteiger partial charge in [-0.05, 0) is 20.8 Å². The van der Waals surface area contributed by atoms with Crippen molar-refractivity contribution in [2.75, 3.05) is 0 Å². The van der Waals surface area contributed by atoms with Gasteiger partial charge in [0.15, 0.2) is 0 Å². The zero-order chi connectivity index (χ0) is 9.99. The van der Waals surface area contributed by atoms with Gasteiger partial charge in [0.05, 0.1) is 6.42 Å². The highest BCUT2D eigenvalue weighted by atomic mass is 80.0. The maximum Gasteiger partial charge on any atom is 0.227 e. The second kappa shape index (κ2) is 4.42. The predicted molar refractivity (Wildman–Crippen MR) is 61.7 cm³/mol. The van der Waals surface area contributed by atoms with Crippen molar-refractivity contribution in [1.29, 1.82) is 0 Å². The van der Waals surface area contributed by atoms with Crippen LogP contribution < -0.4 is 5.32 Å². The van der Waals surface area contributed by atoms with Gasteiger partial charge in [-0.2, -0.15) is 0 Å². The van der Waals surface area contributed by atoms with Crippen molar-refractivity contribution in [3.63, 3.8) is 0 Å². The molecule has 1 amide bonds. The van der Waals surface area contributed by atoms with Crippen LogP contribution in [0.2, 0.25) is 0 Å². The van der Waals surface area contributed by atoms with Gasteiger partial charge in [-0.25, -0.2) is 0 Å². The molecule has 0 saturated carbocycles. The summed E-state index contributed by atoms with van der Waals surface area (Å²) in [6.07, 6.45) is 1.46. The number of amides is 1. The van der Waals surface area contributed by atoms with E-state index >= 15 is 0 Å². The van der Waals surface area contributed by atoms with E-state index in [0.29, 0.717) is 0 Å². The molecule has 2 nitrogen and oxygen atoms in total. The largest absolute Gasteiger partial charge is 0.351 e. The molecule has 0 bridgehead atoms. The fourth-order valence-corrected chi connectivity index (χ4v) is 1.18. The maximum atomic E-state index is 11.2. The second-order valence-electron chi connectivity index (χ2n) is 3.43. The molecule has 0 atom stereocenters. The molecule has 1 N–H and O–H groups in total. The van der Waals surface area contributed by atoms with Gasteiger partial charge in [0.2, 0.25) is 5.91 Å². The Labute approximate surface area is 98.2 Å². The van der Waals surface area contributed by atoms with E-state index in [1.54, 1.807) is 0 Å². The number of alkyl halides is 3. The first-order valence-electron chi connectivity index (χ1n) is 3.35. The Morgan fingerprint density at radius 1 is 1.25 bits per heavy atom. The summed E-state index contributed by atoms with van der Waals surface area (Å²) in [6, 6.07) is 0. The molecule has 12 heavy (non-hydrogen) atoms. The van der Waals surface area contributed by atoms with E-state index in [0.717, 1.165) is 0 Å². The lowest BCUT2D eigenvalue weighted by atomic mass is 10.1. The van der Waals surface area contributed by atoms with Gasteiger partial charge in [-0.15, -0.1) is 0 Å². The van der Waals surface area contributed by atoms with Crippen LogP contribution in [-0.4, -0.2) is 13.6 Å². The van der Waals surface area contributed by atoms with E-state index < -0.39 is 2.14 Å². The van der Waals surface area contributed by atoms with Crippen LogP contribution in [0.15, 0.2) is 0 Å². The monoisotopic (exact) mass is 362 g/mol. The first kappa shape index (κ1) is 12.9. The van der Waals surface area contributed by atoms with Crippen molar-refractivity contribution in [2.24, 2.45) is 0 Å². The lowest BCUT2D eigenvalue weighted by Gasteiger charge is -2.21. The van der Waals surface area contributed by atoms with Crippen molar-refractivity contribution < 1.29 is 4.79 Å². The minimum absolute atomic E-state index is 0.131. The van der Waals surface area contributed by atoms with Crippen molar-refractivity contribution in [2.45, 2.75) is 28.5 Å². The highest BCUT2D eigenvalue weighted by Gasteiger charge is 2.25. The molecule has 0 aliphatic carbocycles. The highest BCUT2D eigenvalue weighted by Crippen LogP contribution is 2.36. The van der Waals surface area contributed by atoms with Crippen LogP contribution >= 0.6 is 47.8 Å². The molecule has 0 aromatic carbocycles. The van der Waals surface area contributed by atoms with Gasteiger partial charge in [0.1, 0.15) is 2.14 Å². The SMILES string of the molecule is CC(C)(C)NC(=O)[CH]C(Br)(Br)Br. The first-order valence-corrected chi connectivity index (χ1v) is 5.73. The molecular weight excluding hydrogens is 354 g/mol. The average Bonchev–Trinajstić information content (AvgIpc) is 1.49. The molecule has 0 heterocycles. The summed E-state index contributed by atoms with van der Waals surface area (Å²) < 4.78 is -0.609. The summed E-state index contributed by atoms with van der Waals surface area (Å²) in [5, 5.41) is 2.79. The number of hydrogen-bond donors (Lipinski definition) is 1. The van der Waals surface area contributed by atoms with E-state index in [9.17, 15) is 4.79 Å². The van der Waals surface area contributed by atoms with Gasteiger partial charge >= 0.3 is 0 Å². The third-order valence-corrected chi connectivity index (χ3v) is 1.48. The Bertz CT molecular complexity index is 150. The summed E-state index contributed by atoms with van der Waals surface area (Å²) in [5.41, 5.74) is -0.203. The molecule has 0 rings (SSSR count). The minimum atomic E-state index is -0.609. The Hall–Kier alpha value is 0.910. The molecule has 0 fully saturated rings. The molecule has 0 aliphatic heterocycles. The van der Waals surface area contributed by atoms with Gasteiger partial charge < -0.3 is 5.32 Å². The topological polar surface area (TPSA) is 29.1 Å². The second-order valence-corrected chi connectivity index (χ2v) is 10.4. The summed E-state index contributed by atoms with van der Waals surface area (Å²) >= 11 is 9.61. The van der Waals surface area contributed by atoms with Crippen molar-refractivity contribution in [3.8, 4) is 0 Å². The molecule has 71 valence electrons. The molecule has 1 radical (unpaired) electrons. The van der Waals surface area contributed by atoms with Gasteiger partial charge in [0, 0.05) is 5.54 Å². The van der Waals surface area contributed by atoms with Crippen molar-refractivity contribution in [1.82, 2.24) is 5.32 Å². The molecule has 0 unspecified atom stereocenters. The Balaban J connectivity index is 3.92. The third kappa shape index (κ3) is 9.00. The Morgan fingerprint density at radius 3 is 1.92 bits per heavy atom. The standard InChI is InChI=1S/C7H11Br3NO/c1-6(2,3)11-5(12)4-7(8,9)10/h4H,1-3H3,(H,11,12). The van der Waals surface area contributed by atoms with Crippen LogP contribution in [0.4, 0.5) is 0 Å². The van der Waals surface area contributed by atoms with Crippen molar-refractivity contribution >= 4 is 53.7 Å². The normalized spacial score (nSPS) is 12.8. The number of carbonyl (C=O) groups is 1. The quantitative estimate of drug-likeness (QED) is 0.712. The number of carbonyl (C=O) groups excluding carboxylic acids is 1. The van der Waals surface area contributed by atoms with Gasteiger partial charge in [-0.1, -0.05) is 47.8 Å². The van der Waals surface area contributed by atoms with Crippen LogP contribution in [0.5, 0.6) is 0 Å². The van der Waals surface area contributed by atoms with Gasteiger partial charge in [0.25, 0.3) is 0 Å². The number of nitrogens with one attached hydrogen (secondary N) is 1. The number of halogens is 3. The lowest BCUT2D eigenvalue weighted by Crippen LogP contribution is -2.42. The van der Waals surface area contributed by atoms with E-state index in [2.05, 4.69) is 53.1 Å². The predicted octanol–water partition coefficient (Wildman–Crippen LogP) is 2.94. The molecule has 0 aromatic heterocycles. The third-order valence-electron chi connectivity index (χ3n) is 0.793. The summed E-state index contributed by atoms with van der Waals surface area (Å²) in [5.74, 6) is -0.131. The van der Waals surface area contributed by atoms with Crippen LogP contribution in [-0.2, 0) is 4.79 Å². The zero-order valence-electron chi connectivity index (χ0n) is 7.12. The van der Waals surface area contributed by atoms with E-state index in [4.69, 9.17) is 0 Å². The van der Waals surface area contributed by atoms with E-state index in [-0.39, 0.29) is 11.4 Å². The van der Waals surface area contributed by atoms with Crippen LogP contribution in [0, 0.1) is 6.42 Å². The summed E-state index contributed by atoms with van der Waals surface area (Å²) in [6.45, 7) is 5.78. The Morgan fingerprint density at radius 2 is 1.67 bits per heavy atom. The fraction of sp³-hybridized carbons (Fsp3) is 0.714. The fourth-order valence-electron chi connectivity index (χ4n) is 0.554. The molecular formula is C7H11Br3NO. The average molecular weight is 365 g/mol. The van der Waals surface area contributed by atoms with Crippen molar-refractivity contribution in [3.05, 3.63) is 6.42 Å². The first-order chi connectivity index (χ1) is 5.10. The Kier molecular flexibility index (Phi) is 4.75. The highest BCUT2D eigenvalue weighted by molar-refractivity contribution is 9.39. The summed E-state index contributed by atoms with van der Waals surface area (Å²) in [7, 11) is 0. The molecule has 0 aliphatic rings. The smallest absolute Gasteiger partial charge is 0.227 e. The molecule has 5 heteroatoms. The van der Waals surface area contributed by atoms with Crippen LogP contribution in [0.25, 0.3) is 0 Å². The maximum absolute atomic E-state index is 11.2. The molecule has 0 aromatic rings. The number of rotatable bonds is 1. The van der Waals surface area contributed by atoms with E-state index in [1.807, 2.05) is 20.8 Å². The van der Waals surface area contributed by atoms with E-state index in [1.165, 1.54) is 6.42 Å². The van der Waals surface area contributed by atoms with Crippen LogP contribution in [0.3, 0.4) is 0 Å². The van der Waals surface area contributed by atoms with Gasteiger partial charge in [-0.3, -0.25) is 4.79 Å². The molecule has 0 spiro atoms. The number of hydrogen-bond acceptors (Lipinski definition) is 1. The van der Waals surface area contributed by atoms with Crippen LogP contribution in [0.1, 0.15) is 20.8 Å². The lowest BCUT2D eigenvalue weighted by molar-refractivity contribution is -0.119. The molecule has 0 saturated heterocycles. The summed E-state index contributed by atoms with van der Waals surface area (Å²) in [4.78, 5) is 11.2.